The summed E-state index contributed by atoms with van der Waals surface area (Å²) in [5, 5.41) is 1.23. The van der Waals surface area contributed by atoms with Gasteiger partial charge in [-0.05, 0) is 19.1 Å². The van der Waals surface area contributed by atoms with Crippen LogP contribution >= 0.6 is 11.6 Å². The third kappa shape index (κ3) is 3.49. The lowest BCUT2D eigenvalue weighted by Gasteiger charge is -2.16. The summed E-state index contributed by atoms with van der Waals surface area (Å²) in [6, 6.07) is 8.80. The van der Waals surface area contributed by atoms with Crippen LogP contribution in [0.1, 0.15) is 17.4 Å². The van der Waals surface area contributed by atoms with Crippen LogP contribution in [0.4, 0.5) is 0 Å². The van der Waals surface area contributed by atoms with Crippen molar-refractivity contribution < 1.29 is 14.3 Å². The largest absolute Gasteiger partial charge is 0.465 e. The monoisotopic (exact) mass is 306 g/mol. The predicted molar refractivity (Wildman–Crippen MR) is 80.3 cm³/mol. The molecule has 2 rings (SSSR count). The van der Waals surface area contributed by atoms with E-state index in [1.54, 1.807) is 13.0 Å². The number of fused-ring (bicyclic) bond motifs is 1. The second-order valence-electron chi connectivity index (χ2n) is 4.47. The number of ether oxygens (including phenoxy) is 1. The van der Waals surface area contributed by atoms with E-state index in [0.29, 0.717) is 10.5 Å². The Morgan fingerprint density at radius 1 is 1.33 bits per heavy atom. The number of hydrogen-bond donors (Lipinski definition) is 0. The molecular weight excluding hydrogens is 292 g/mol. The fraction of sp³-hybridized carbons (Fsp3) is 0.267. The average Bonchev–Trinajstić information content (AvgIpc) is 2.46. The first-order valence-corrected chi connectivity index (χ1v) is 6.87. The SMILES string of the molecule is CCOC(=O)CN(C)C(=O)c1cc(Cl)c2ccccc2n1. The maximum atomic E-state index is 12.3. The Hall–Kier alpha value is -2.14. The molecule has 0 bridgehead atoms. The number of hydrogen-bond acceptors (Lipinski definition) is 4. The van der Waals surface area contributed by atoms with E-state index in [2.05, 4.69) is 4.98 Å². The number of para-hydroxylation sites is 1. The molecule has 1 aromatic carbocycles. The smallest absolute Gasteiger partial charge is 0.325 e. The summed E-state index contributed by atoms with van der Waals surface area (Å²) in [5.41, 5.74) is 0.836. The summed E-state index contributed by atoms with van der Waals surface area (Å²) in [6.07, 6.45) is 0. The number of carbonyl (C=O) groups excluding carboxylic acids is 2. The predicted octanol–water partition coefficient (Wildman–Crippen LogP) is 2.52. The van der Waals surface area contributed by atoms with Crippen molar-refractivity contribution in [3.63, 3.8) is 0 Å². The first kappa shape index (κ1) is 15.3. The fourth-order valence-electron chi connectivity index (χ4n) is 1.91. The Balaban J connectivity index is 2.25. The van der Waals surface area contributed by atoms with E-state index in [1.165, 1.54) is 18.0 Å². The van der Waals surface area contributed by atoms with Gasteiger partial charge in [0.25, 0.3) is 5.91 Å². The van der Waals surface area contributed by atoms with Crippen molar-refractivity contribution in [1.82, 2.24) is 9.88 Å². The van der Waals surface area contributed by atoms with E-state index in [1.807, 2.05) is 18.2 Å². The highest BCUT2D eigenvalue weighted by molar-refractivity contribution is 6.35. The molecule has 0 aliphatic rings. The Morgan fingerprint density at radius 3 is 2.76 bits per heavy atom. The highest BCUT2D eigenvalue weighted by Gasteiger charge is 2.18. The zero-order valence-corrected chi connectivity index (χ0v) is 12.6. The number of amides is 1. The van der Waals surface area contributed by atoms with Crippen molar-refractivity contribution in [3.8, 4) is 0 Å². The van der Waals surface area contributed by atoms with E-state index in [9.17, 15) is 9.59 Å². The maximum absolute atomic E-state index is 12.3. The van der Waals surface area contributed by atoms with E-state index in [4.69, 9.17) is 16.3 Å². The molecule has 1 aromatic heterocycles. The van der Waals surface area contributed by atoms with Gasteiger partial charge >= 0.3 is 5.97 Å². The third-order valence-electron chi connectivity index (χ3n) is 2.90. The van der Waals surface area contributed by atoms with Crippen molar-refractivity contribution >= 4 is 34.4 Å². The van der Waals surface area contributed by atoms with Crippen molar-refractivity contribution in [2.75, 3.05) is 20.2 Å². The van der Waals surface area contributed by atoms with E-state index >= 15 is 0 Å². The van der Waals surface area contributed by atoms with Crippen LogP contribution in [0, 0.1) is 0 Å². The third-order valence-corrected chi connectivity index (χ3v) is 3.22. The summed E-state index contributed by atoms with van der Waals surface area (Å²) in [4.78, 5) is 29.2. The zero-order chi connectivity index (χ0) is 15.4. The van der Waals surface area contributed by atoms with Gasteiger partial charge < -0.3 is 9.64 Å². The second-order valence-corrected chi connectivity index (χ2v) is 4.88. The fourth-order valence-corrected chi connectivity index (χ4v) is 2.17. The van der Waals surface area contributed by atoms with Gasteiger partial charge in [0.15, 0.2) is 0 Å². The lowest BCUT2D eigenvalue weighted by atomic mass is 10.2. The lowest BCUT2D eigenvalue weighted by molar-refractivity contribution is -0.143. The minimum Gasteiger partial charge on any atom is -0.465 e. The summed E-state index contributed by atoms with van der Waals surface area (Å²) >= 11 is 6.16. The van der Waals surface area contributed by atoms with Gasteiger partial charge in [0, 0.05) is 12.4 Å². The number of carbonyl (C=O) groups is 2. The van der Waals surface area contributed by atoms with Crippen LogP contribution < -0.4 is 0 Å². The van der Waals surface area contributed by atoms with Gasteiger partial charge in [0.1, 0.15) is 12.2 Å². The molecule has 0 spiro atoms. The second kappa shape index (κ2) is 6.54. The Bertz CT molecular complexity index is 688. The normalized spacial score (nSPS) is 10.4. The quantitative estimate of drug-likeness (QED) is 0.814. The topological polar surface area (TPSA) is 59.5 Å². The van der Waals surface area contributed by atoms with E-state index < -0.39 is 5.97 Å². The molecule has 1 amide bonds. The molecule has 0 radical (unpaired) electrons. The van der Waals surface area contributed by atoms with Crippen molar-refractivity contribution in [2.45, 2.75) is 6.92 Å². The first-order valence-electron chi connectivity index (χ1n) is 6.49. The number of esters is 1. The molecule has 0 unspecified atom stereocenters. The molecular formula is C15H15ClN2O3. The summed E-state index contributed by atoms with van der Waals surface area (Å²) in [6.45, 7) is 1.87. The summed E-state index contributed by atoms with van der Waals surface area (Å²) < 4.78 is 4.81. The molecule has 6 heteroatoms. The highest BCUT2D eigenvalue weighted by Crippen LogP contribution is 2.23. The minimum absolute atomic E-state index is 0.126. The van der Waals surface area contributed by atoms with Gasteiger partial charge in [0.05, 0.1) is 17.1 Å². The van der Waals surface area contributed by atoms with Gasteiger partial charge in [-0.2, -0.15) is 0 Å². The molecule has 0 fully saturated rings. The van der Waals surface area contributed by atoms with Crippen molar-refractivity contribution in [2.24, 2.45) is 0 Å². The van der Waals surface area contributed by atoms with Crippen LogP contribution in [0.2, 0.25) is 5.02 Å². The van der Waals surface area contributed by atoms with Gasteiger partial charge in [-0.25, -0.2) is 4.98 Å². The molecule has 110 valence electrons. The molecule has 1 heterocycles. The molecule has 0 aliphatic carbocycles. The Labute approximate surface area is 127 Å². The molecule has 5 nitrogen and oxygen atoms in total. The minimum atomic E-state index is -0.458. The van der Waals surface area contributed by atoms with Gasteiger partial charge in [-0.1, -0.05) is 29.8 Å². The Morgan fingerprint density at radius 2 is 2.05 bits per heavy atom. The summed E-state index contributed by atoms with van der Waals surface area (Å²) in [5.74, 6) is -0.837. The molecule has 0 atom stereocenters. The van der Waals surface area contributed by atoms with Crippen LogP contribution in [0.3, 0.4) is 0 Å². The number of likely N-dealkylation sites (N-methyl/N-ethyl adjacent to an activating group) is 1. The molecule has 0 N–H and O–H groups in total. The zero-order valence-electron chi connectivity index (χ0n) is 11.8. The van der Waals surface area contributed by atoms with Crippen LogP contribution in [0.15, 0.2) is 30.3 Å². The Kier molecular flexibility index (Phi) is 4.75. The van der Waals surface area contributed by atoms with E-state index in [-0.39, 0.29) is 24.8 Å². The number of halogens is 1. The van der Waals surface area contributed by atoms with Crippen molar-refractivity contribution in [1.29, 1.82) is 0 Å². The maximum Gasteiger partial charge on any atom is 0.325 e. The standard InChI is InChI=1S/C15H15ClN2O3/c1-3-21-14(19)9-18(2)15(20)13-8-11(16)10-6-4-5-7-12(10)17-13/h4-8H,3,9H2,1-2H3. The number of benzene rings is 1. The number of aromatic nitrogens is 1. The van der Waals surface area contributed by atoms with Crippen LogP contribution in [-0.4, -0.2) is 42.0 Å². The molecule has 0 saturated heterocycles. The van der Waals surface area contributed by atoms with Gasteiger partial charge in [-0.15, -0.1) is 0 Å². The van der Waals surface area contributed by atoms with Crippen LogP contribution in [0.25, 0.3) is 10.9 Å². The first-order chi connectivity index (χ1) is 10.0. The highest BCUT2D eigenvalue weighted by atomic mass is 35.5. The number of pyridine rings is 1. The molecule has 0 aliphatic heterocycles. The number of nitrogens with zero attached hydrogens (tertiary/aromatic N) is 2. The van der Waals surface area contributed by atoms with Gasteiger partial charge in [-0.3, -0.25) is 9.59 Å². The van der Waals surface area contributed by atoms with Crippen LogP contribution in [-0.2, 0) is 9.53 Å². The van der Waals surface area contributed by atoms with Crippen LogP contribution in [0.5, 0.6) is 0 Å². The molecule has 0 saturated carbocycles. The van der Waals surface area contributed by atoms with Gasteiger partial charge in [0.2, 0.25) is 0 Å². The number of rotatable bonds is 4. The lowest BCUT2D eigenvalue weighted by Crippen LogP contribution is -2.33. The van der Waals surface area contributed by atoms with E-state index in [0.717, 1.165) is 5.39 Å². The average molecular weight is 307 g/mol. The summed E-state index contributed by atoms with van der Waals surface area (Å²) in [7, 11) is 1.52. The molecule has 21 heavy (non-hydrogen) atoms. The molecule has 2 aromatic rings. The van der Waals surface area contributed by atoms with Crippen molar-refractivity contribution in [3.05, 3.63) is 41.0 Å².